The molecule has 3 heteroatoms. The zero-order valence-electron chi connectivity index (χ0n) is 9.71. The average Bonchev–Trinajstić information content (AvgIpc) is 2.93. The van der Waals surface area contributed by atoms with Crippen LogP contribution in [-0.2, 0) is 10.2 Å². The standard InChI is InChI=1S/C13H17NO2/c1-8-5-10(6-11(14)9(8)2)13(3-4-13)7-12(15)16/h5-6H,3-4,7,14H2,1-2H3,(H,15,16). The molecular weight excluding hydrogens is 202 g/mol. The lowest BCUT2D eigenvalue weighted by Crippen LogP contribution is -2.14. The van der Waals surface area contributed by atoms with E-state index in [1.165, 1.54) is 0 Å². The third-order valence-corrected chi connectivity index (χ3v) is 3.66. The monoisotopic (exact) mass is 219 g/mol. The number of anilines is 1. The number of aryl methyl sites for hydroxylation is 1. The lowest BCUT2D eigenvalue weighted by molar-refractivity contribution is -0.137. The highest BCUT2D eigenvalue weighted by Crippen LogP contribution is 2.51. The van der Waals surface area contributed by atoms with Crippen molar-refractivity contribution >= 4 is 11.7 Å². The first-order valence-corrected chi connectivity index (χ1v) is 5.54. The summed E-state index contributed by atoms with van der Waals surface area (Å²) in [6.45, 7) is 4.01. The lowest BCUT2D eigenvalue weighted by Gasteiger charge is -2.16. The molecule has 0 unspecified atom stereocenters. The maximum absolute atomic E-state index is 10.8. The Balaban J connectivity index is 2.38. The Morgan fingerprint density at radius 1 is 1.44 bits per heavy atom. The number of carboxylic acids is 1. The Bertz CT molecular complexity index is 424. The molecule has 0 radical (unpaired) electrons. The minimum atomic E-state index is -0.728. The van der Waals surface area contributed by atoms with Gasteiger partial charge in [0, 0.05) is 11.1 Å². The van der Waals surface area contributed by atoms with E-state index in [0.717, 1.165) is 35.2 Å². The quantitative estimate of drug-likeness (QED) is 0.767. The third-order valence-electron chi connectivity index (χ3n) is 3.66. The summed E-state index contributed by atoms with van der Waals surface area (Å²) in [6.07, 6.45) is 2.14. The highest BCUT2D eigenvalue weighted by Gasteiger charge is 2.46. The largest absolute Gasteiger partial charge is 0.481 e. The van der Waals surface area contributed by atoms with Gasteiger partial charge in [-0.1, -0.05) is 6.07 Å². The number of benzene rings is 1. The van der Waals surface area contributed by atoms with E-state index >= 15 is 0 Å². The Kier molecular flexibility index (Phi) is 2.41. The number of hydrogen-bond acceptors (Lipinski definition) is 2. The molecule has 3 nitrogen and oxygen atoms in total. The van der Waals surface area contributed by atoms with Crippen molar-refractivity contribution in [1.82, 2.24) is 0 Å². The van der Waals surface area contributed by atoms with Crippen LogP contribution >= 0.6 is 0 Å². The van der Waals surface area contributed by atoms with Crippen molar-refractivity contribution in [2.24, 2.45) is 0 Å². The number of aliphatic carboxylic acids is 1. The van der Waals surface area contributed by atoms with E-state index in [-0.39, 0.29) is 11.8 Å². The number of carboxylic acid groups (broad SMARTS) is 1. The average molecular weight is 219 g/mol. The van der Waals surface area contributed by atoms with Gasteiger partial charge < -0.3 is 10.8 Å². The zero-order chi connectivity index (χ0) is 11.9. The van der Waals surface area contributed by atoms with Crippen molar-refractivity contribution < 1.29 is 9.90 Å². The predicted molar refractivity (Wildman–Crippen MR) is 63.5 cm³/mol. The Morgan fingerprint density at radius 3 is 2.50 bits per heavy atom. The summed E-state index contributed by atoms with van der Waals surface area (Å²) in [5.74, 6) is -0.728. The van der Waals surface area contributed by atoms with Crippen LogP contribution in [0.2, 0.25) is 0 Å². The van der Waals surface area contributed by atoms with Gasteiger partial charge in [0.25, 0.3) is 0 Å². The second-order valence-corrected chi connectivity index (χ2v) is 4.86. The molecular formula is C13H17NO2. The molecule has 1 aliphatic rings. The molecule has 0 amide bonds. The van der Waals surface area contributed by atoms with Crippen LogP contribution in [-0.4, -0.2) is 11.1 Å². The number of hydrogen-bond donors (Lipinski definition) is 2. The van der Waals surface area contributed by atoms with Crippen molar-refractivity contribution in [1.29, 1.82) is 0 Å². The van der Waals surface area contributed by atoms with Crippen LogP contribution in [0, 0.1) is 13.8 Å². The Morgan fingerprint density at radius 2 is 2.06 bits per heavy atom. The van der Waals surface area contributed by atoms with Gasteiger partial charge in [0.1, 0.15) is 0 Å². The number of nitrogen functional groups attached to an aromatic ring is 1. The third kappa shape index (κ3) is 1.77. The van der Waals surface area contributed by atoms with Crippen LogP contribution in [0.15, 0.2) is 12.1 Å². The van der Waals surface area contributed by atoms with Gasteiger partial charge >= 0.3 is 5.97 Å². The van der Waals surface area contributed by atoms with E-state index in [2.05, 4.69) is 6.07 Å². The fraction of sp³-hybridized carbons (Fsp3) is 0.462. The number of carbonyl (C=O) groups is 1. The van der Waals surface area contributed by atoms with Crippen LogP contribution in [0.3, 0.4) is 0 Å². The van der Waals surface area contributed by atoms with Gasteiger partial charge in [-0.25, -0.2) is 0 Å². The van der Waals surface area contributed by atoms with E-state index in [4.69, 9.17) is 10.8 Å². The zero-order valence-corrected chi connectivity index (χ0v) is 9.71. The Hall–Kier alpha value is -1.51. The summed E-state index contributed by atoms with van der Waals surface area (Å²) in [6, 6.07) is 4.03. The molecule has 86 valence electrons. The maximum atomic E-state index is 10.8. The van der Waals surface area contributed by atoms with Crippen LogP contribution in [0.25, 0.3) is 0 Å². The van der Waals surface area contributed by atoms with Crippen LogP contribution in [0.1, 0.15) is 36.0 Å². The predicted octanol–water partition coefficient (Wildman–Crippen LogP) is 2.39. The van der Waals surface area contributed by atoms with Crippen LogP contribution in [0.5, 0.6) is 0 Å². The topological polar surface area (TPSA) is 63.3 Å². The van der Waals surface area contributed by atoms with Crippen molar-refractivity contribution in [2.75, 3.05) is 5.73 Å². The molecule has 0 spiro atoms. The fourth-order valence-corrected chi connectivity index (χ4v) is 2.20. The second kappa shape index (κ2) is 3.51. The normalized spacial score (nSPS) is 17.1. The van der Waals surface area contributed by atoms with E-state index < -0.39 is 5.97 Å². The maximum Gasteiger partial charge on any atom is 0.304 e. The first-order chi connectivity index (χ1) is 7.44. The Labute approximate surface area is 95.3 Å². The van der Waals surface area contributed by atoms with Gasteiger partial charge in [0.2, 0.25) is 0 Å². The molecule has 0 atom stereocenters. The minimum Gasteiger partial charge on any atom is -0.481 e. The SMILES string of the molecule is Cc1cc(C2(CC(=O)O)CC2)cc(N)c1C. The van der Waals surface area contributed by atoms with E-state index in [0.29, 0.717) is 0 Å². The molecule has 1 aromatic rings. The van der Waals surface area contributed by atoms with E-state index in [9.17, 15) is 4.79 Å². The number of rotatable bonds is 3. The summed E-state index contributed by atoms with van der Waals surface area (Å²) in [5.41, 5.74) is 9.89. The minimum absolute atomic E-state index is 0.140. The molecule has 1 aliphatic carbocycles. The highest BCUT2D eigenvalue weighted by atomic mass is 16.4. The molecule has 0 aromatic heterocycles. The summed E-state index contributed by atoms with van der Waals surface area (Å²) in [7, 11) is 0. The lowest BCUT2D eigenvalue weighted by atomic mass is 9.89. The summed E-state index contributed by atoms with van der Waals surface area (Å²) in [4.78, 5) is 10.8. The van der Waals surface area contributed by atoms with Crippen molar-refractivity contribution in [2.45, 2.75) is 38.5 Å². The molecule has 1 fully saturated rings. The van der Waals surface area contributed by atoms with Gasteiger partial charge in [-0.2, -0.15) is 0 Å². The molecule has 16 heavy (non-hydrogen) atoms. The fourth-order valence-electron chi connectivity index (χ4n) is 2.20. The highest BCUT2D eigenvalue weighted by molar-refractivity contribution is 5.70. The molecule has 1 aromatic carbocycles. The van der Waals surface area contributed by atoms with E-state index in [1.807, 2.05) is 19.9 Å². The van der Waals surface area contributed by atoms with Crippen molar-refractivity contribution in [3.63, 3.8) is 0 Å². The first kappa shape index (κ1) is 11.0. The molecule has 0 aliphatic heterocycles. The molecule has 3 N–H and O–H groups in total. The molecule has 0 saturated heterocycles. The van der Waals surface area contributed by atoms with Crippen LogP contribution < -0.4 is 5.73 Å². The summed E-state index contributed by atoms with van der Waals surface area (Å²) < 4.78 is 0. The smallest absolute Gasteiger partial charge is 0.304 e. The van der Waals surface area contributed by atoms with Gasteiger partial charge in [0.15, 0.2) is 0 Å². The molecule has 2 rings (SSSR count). The molecule has 0 heterocycles. The van der Waals surface area contributed by atoms with Crippen LogP contribution in [0.4, 0.5) is 5.69 Å². The first-order valence-electron chi connectivity index (χ1n) is 5.54. The van der Waals surface area contributed by atoms with Gasteiger partial charge in [0.05, 0.1) is 6.42 Å². The van der Waals surface area contributed by atoms with Gasteiger partial charge in [-0.15, -0.1) is 0 Å². The summed E-state index contributed by atoms with van der Waals surface area (Å²) in [5, 5.41) is 8.91. The number of nitrogens with two attached hydrogens (primary N) is 1. The molecule has 1 saturated carbocycles. The van der Waals surface area contributed by atoms with E-state index in [1.54, 1.807) is 0 Å². The summed E-state index contributed by atoms with van der Waals surface area (Å²) >= 11 is 0. The molecule has 0 bridgehead atoms. The van der Waals surface area contributed by atoms with Gasteiger partial charge in [-0.05, 0) is 49.4 Å². The van der Waals surface area contributed by atoms with Gasteiger partial charge in [-0.3, -0.25) is 4.79 Å². The van der Waals surface area contributed by atoms with Crippen molar-refractivity contribution in [3.8, 4) is 0 Å². The van der Waals surface area contributed by atoms with Crippen molar-refractivity contribution in [3.05, 3.63) is 28.8 Å². The second-order valence-electron chi connectivity index (χ2n) is 4.86.